The average Bonchev–Trinajstić information content (AvgIpc) is 3.22. The predicted octanol–water partition coefficient (Wildman–Crippen LogP) is 10.2. The molecule has 0 bridgehead atoms. The fourth-order valence-electron chi connectivity index (χ4n) is 4.53. The number of unbranched alkanes of at least 4 members (excludes halogenated alkanes) is 10. The highest BCUT2D eigenvalue weighted by molar-refractivity contribution is 7.73. The minimum atomic E-state index is 0.00265. The summed E-state index contributed by atoms with van der Waals surface area (Å²) < 4.78 is 1.95. The molecule has 4 heteroatoms. The van der Waals surface area contributed by atoms with Crippen molar-refractivity contribution in [2.75, 3.05) is 0 Å². The van der Waals surface area contributed by atoms with Crippen molar-refractivity contribution in [3.63, 3.8) is 0 Å². The van der Waals surface area contributed by atoms with Crippen LogP contribution in [0, 0.1) is 3.95 Å². The van der Waals surface area contributed by atoms with Gasteiger partial charge in [-0.2, -0.15) is 0 Å². The summed E-state index contributed by atoms with van der Waals surface area (Å²) in [5.74, 6) is 0.494. The zero-order valence-electron chi connectivity index (χ0n) is 20.0. The van der Waals surface area contributed by atoms with Gasteiger partial charge in [-0.3, -0.25) is 0 Å². The summed E-state index contributed by atoms with van der Waals surface area (Å²) in [5, 5.41) is 10.8. The molecule has 178 valence electrons. The Bertz CT molecular complexity index is 1030. The number of aromatic amines is 1. The standard InChI is InChI=1S/C29H39NOS2/c1-2-3-4-5-6-7-8-9-10-11-15-19-24(31)22-26(23-17-13-12-14-18-23)25-20-16-21-27-28(25)30-29(32)33-27/h12-14,16-18,20-22,26,31H,2-11,15,19H2,1H3,(H,30,32). The fraction of sp³-hybridized carbons (Fsp3) is 0.483. The highest BCUT2D eigenvalue weighted by Gasteiger charge is 2.17. The number of fused-ring (bicyclic) bond motifs is 1. The number of H-pyrrole nitrogens is 1. The van der Waals surface area contributed by atoms with Gasteiger partial charge in [0.25, 0.3) is 0 Å². The Morgan fingerprint density at radius 1 is 0.879 bits per heavy atom. The van der Waals surface area contributed by atoms with Gasteiger partial charge in [-0.25, -0.2) is 0 Å². The van der Waals surface area contributed by atoms with Gasteiger partial charge in [0.05, 0.1) is 16.0 Å². The van der Waals surface area contributed by atoms with Crippen LogP contribution in [-0.2, 0) is 0 Å². The normalized spacial score (nSPS) is 12.9. The van der Waals surface area contributed by atoms with Gasteiger partial charge in [0.15, 0.2) is 3.95 Å². The van der Waals surface area contributed by atoms with Crippen LogP contribution < -0.4 is 0 Å². The topological polar surface area (TPSA) is 36.0 Å². The molecule has 0 aliphatic rings. The molecule has 1 aromatic heterocycles. The van der Waals surface area contributed by atoms with Gasteiger partial charge in [0.2, 0.25) is 0 Å². The largest absolute Gasteiger partial charge is 0.513 e. The number of aliphatic hydroxyl groups excluding tert-OH is 1. The van der Waals surface area contributed by atoms with Crippen molar-refractivity contribution in [1.82, 2.24) is 4.98 Å². The van der Waals surface area contributed by atoms with Crippen molar-refractivity contribution in [1.29, 1.82) is 0 Å². The van der Waals surface area contributed by atoms with Crippen LogP contribution in [0.5, 0.6) is 0 Å². The molecule has 0 spiro atoms. The molecule has 0 saturated carbocycles. The molecular weight excluding hydrogens is 442 g/mol. The zero-order valence-corrected chi connectivity index (χ0v) is 21.7. The number of hydrogen-bond donors (Lipinski definition) is 2. The van der Waals surface area contributed by atoms with Crippen LogP contribution in [0.3, 0.4) is 0 Å². The van der Waals surface area contributed by atoms with E-state index in [1.807, 2.05) is 12.1 Å². The molecular formula is C29H39NOS2. The summed E-state index contributed by atoms with van der Waals surface area (Å²) in [6, 6.07) is 16.8. The Morgan fingerprint density at radius 3 is 2.18 bits per heavy atom. The predicted molar refractivity (Wildman–Crippen MR) is 147 cm³/mol. The summed E-state index contributed by atoms with van der Waals surface area (Å²) in [6.07, 6.45) is 17.3. The second-order valence-electron chi connectivity index (χ2n) is 9.07. The summed E-state index contributed by atoms with van der Waals surface area (Å²) in [5.41, 5.74) is 3.43. The second kappa shape index (κ2) is 14.4. The van der Waals surface area contributed by atoms with E-state index in [0.29, 0.717) is 5.76 Å². The lowest BCUT2D eigenvalue weighted by molar-refractivity contribution is 0.376. The molecule has 0 fully saturated rings. The van der Waals surface area contributed by atoms with Crippen LogP contribution in [0.4, 0.5) is 0 Å². The van der Waals surface area contributed by atoms with E-state index in [0.717, 1.165) is 32.6 Å². The molecule has 1 heterocycles. The molecule has 0 radical (unpaired) electrons. The molecule has 3 rings (SSSR count). The Balaban J connectivity index is 1.53. The molecule has 2 aromatic carbocycles. The van der Waals surface area contributed by atoms with Crippen molar-refractivity contribution >= 4 is 33.8 Å². The van der Waals surface area contributed by atoms with Crippen molar-refractivity contribution in [3.8, 4) is 0 Å². The second-order valence-corrected chi connectivity index (χ2v) is 10.8. The number of thiazole rings is 1. The van der Waals surface area contributed by atoms with Gasteiger partial charge in [0, 0.05) is 12.3 Å². The van der Waals surface area contributed by atoms with Crippen LogP contribution in [0.15, 0.2) is 60.4 Å². The molecule has 0 aliphatic heterocycles. The van der Waals surface area contributed by atoms with E-state index in [1.54, 1.807) is 11.3 Å². The van der Waals surface area contributed by atoms with E-state index >= 15 is 0 Å². The first-order valence-corrected chi connectivity index (χ1v) is 14.0. The van der Waals surface area contributed by atoms with E-state index in [-0.39, 0.29) is 5.92 Å². The van der Waals surface area contributed by atoms with E-state index in [2.05, 4.69) is 54.4 Å². The van der Waals surface area contributed by atoms with Crippen molar-refractivity contribution in [2.24, 2.45) is 0 Å². The van der Waals surface area contributed by atoms with Crippen LogP contribution in [0.1, 0.15) is 101 Å². The number of aromatic nitrogens is 1. The number of hydrogen-bond acceptors (Lipinski definition) is 3. The third-order valence-corrected chi connectivity index (χ3v) is 7.58. The first-order chi connectivity index (χ1) is 16.2. The maximum absolute atomic E-state index is 10.8. The summed E-state index contributed by atoms with van der Waals surface area (Å²) >= 11 is 7.00. The van der Waals surface area contributed by atoms with Crippen LogP contribution in [0.25, 0.3) is 10.2 Å². The van der Waals surface area contributed by atoms with E-state index in [4.69, 9.17) is 12.2 Å². The Labute approximate surface area is 208 Å². The first kappa shape index (κ1) is 25.7. The van der Waals surface area contributed by atoms with Crippen molar-refractivity contribution in [2.45, 2.75) is 89.9 Å². The minimum Gasteiger partial charge on any atom is -0.513 e. The molecule has 0 amide bonds. The Kier molecular flexibility index (Phi) is 11.2. The number of para-hydroxylation sites is 1. The smallest absolute Gasteiger partial charge is 0.159 e. The van der Waals surface area contributed by atoms with Crippen LogP contribution in [-0.4, -0.2) is 10.1 Å². The molecule has 1 atom stereocenters. The number of benzene rings is 2. The number of aliphatic hydroxyl groups is 1. The molecule has 2 nitrogen and oxygen atoms in total. The third-order valence-electron chi connectivity index (χ3n) is 6.38. The average molecular weight is 482 g/mol. The maximum Gasteiger partial charge on any atom is 0.159 e. The molecule has 2 N–H and O–H groups in total. The van der Waals surface area contributed by atoms with Gasteiger partial charge in [-0.05, 0) is 41.9 Å². The van der Waals surface area contributed by atoms with E-state index < -0.39 is 0 Å². The Hall–Kier alpha value is -1.91. The highest BCUT2D eigenvalue weighted by atomic mass is 32.1. The molecule has 0 saturated heterocycles. The Morgan fingerprint density at radius 2 is 1.52 bits per heavy atom. The third kappa shape index (κ3) is 8.42. The minimum absolute atomic E-state index is 0.00265. The fourth-order valence-corrected chi connectivity index (χ4v) is 5.67. The van der Waals surface area contributed by atoms with Crippen molar-refractivity contribution < 1.29 is 5.11 Å². The first-order valence-electron chi connectivity index (χ1n) is 12.8. The lowest BCUT2D eigenvalue weighted by atomic mass is 9.89. The lowest BCUT2D eigenvalue weighted by Gasteiger charge is -2.16. The van der Waals surface area contributed by atoms with Crippen molar-refractivity contribution in [3.05, 3.63) is 75.4 Å². The summed E-state index contributed by atoms with van der Waals surface area (Å²) in [4.78, 5) is 3.36. The van der Waals surface area contributed by atoms with Gasteiger partial charge in [-0.15, -0.1) is 11.3 Å². The van der Waals surface area contributed by atoms with E-state index in [1.165, 1.54) is 69.8 Å². The highest BCUT2D eigenvalue weighted by Crippen LogP contribution is 2.34. The SMILES string of the molecule is CCCCCCCCCCCCCC(O)=CC(c1ccccc1)c1cccc2sc(=S)[nH]c12. The van der Waals surface area contributed by atoms with E-state index in [9.17, 15) is 5.11 Å². The molecule has 33 heavy (non-hydrogen) atoms. The quantitative estimate of drug-likeness (QED) is 0.129. The molecule has 0 aliphatic carbocycles. The van der Waals surface area contributed by atoms with Crippen LogP contribution >= 0.6 is 23.6 Å². The monoisotopic (exact) mass is 481 g/mol. The van der Waals surface area contributed by atoms with Gasteiger partial charge in [-0.1, -0.05) is 114 Å². The molecule has 3 aromatic rings. The number of nitrogens with one attached hydrogen (secondary N) is 1. The zero-order chi connectivity index (χ0) is 23.3. The van der Waals surface area contributed by atoms with Gasteiger partial charge < -0.3 is 10.1 Å². The van der Waals surface area contributed by atoms with Crippen LogP contribution in [0.2, 0.25) is 0 Å². The molecule has 1 unspecified atom stereocenters. The number of rotatable bonds is 15. The summed E-state index contributed by atoms with van der Waals surface area (Å²) in [6.45, 7) is 2.27. The lowest BCUT2D eigenvalue weighted by Crippen LogP contribution is -2.01. The number of allylic oxidation sites excluding steroid dienone is 2. The summed E-state index contributed by atoms with van der Waals surface area (Å²) in [7, 11) is 0. The van der Waals surface area contributed by atoms with Gasteiger partial charge >= 0.3 is 0 Å². The maximum atomic E-state index is 10.8. The van der Waals surface area contributed by atoms with Gasteiger partial charge in [0.1, 0.15) is 0 Å².